The molecule has 0 radical (unpaired) electrons. The summed E-state index contributed by atoms with van der Waals surface area (Å²) in [6.07, 6.45) is -0.346. The molecule has 0 saturated carbocycles. The first-order valence-electron chi connectivity index (χ1n) is 5.37. The molecule has 4 heteroatoms. The number of ether oxygens (including phenoxy) is 1. The van der Waals surface area contributed by atoms with Gasteiger partial charge in [0.15, 0.2) is 0 Å². The molecule has 0 bridgehead atoms. The molecule has 0 spiro atoms. The Morgan fingerprint density at radius 3 is 2.25 bits per heavy atom. The van der Waals surface area contributed by atoms with E-state index in [4.69, 9.17) is 9.84 Å². The summed E-state index contributed by atoms with van der Waals surface area (Å²) in [4.78, 5) is 13.2. The van der Waals surface area contributed by atoms with Gasteiger partial charge < -0.3 is 14.7 Å². The molecule has 0 saturated heterocycles. The summed E-state index contributed by atoms with van der Waals surface area (Å²) in [7, 11) is 0. The van der Waals surface area contributed by atoms with Crippen molar-refractivity contribution < 1.29 is 14.6 Å². The van der Waals surface area contributed by atoms with Gasteiger partial charge in [0.05, 0.1) is 6.61 Å². The van der Waals surface area contributed by atoms with Crippen LogP contribution in [0.15, 0.2) is 24.3 Å². The number of aliphatic hydroxyl groups excluding tert-OH is 1. The van der Waals surface area contributed by atoms with E-state index in [2.05, 4.69) is 0 Å². The predicted molar refractivity (Wildman–Crippen MR) is 61.3 cm³/mol. The average Bonchev–Trinajstić information content (AvgIpc) is 2.31. The van der Waals surface area contributed by atoms with Crippen LogP contribution in [0.3, 0.4) is 0 Å². The van der Waals surface area contributed by atoms with E-state index in [1.165, 1.54) is 0 Å². The average molecular weight is 223 g/mol. The first kappa shape index (κ1) is 12.5. The quantitative estimate of drug-likeness (QED) is 0.849. The Bertz CT molecular complexity index is 331. The largest absolute Gasteiger partial charge is 0.415 e. The summed E-state index contributed by atoms with van der Waals surface area (Å²) < 4.78 is 5.16. The topological polar surface area (TPSA) is 49.8 Å². The van der Waals surface area contributed by atoms with Crippen LogP contribution in [0.4, 0.5) is 4.79 Å². The van der Waals surface area contributed by atoms with Gasteiger partial charge in [0, 0.05) is 13.1 Å². The second kappa shape index (κ2) is 6.12. The minimum Gasteiger partial charge on any atom is -0.410 e. The molecule has 0 atom stereocenters. The van der Waals surface area contributed by atoms with E-state index < -0.39 is 0 Å². The zero-order chi connectivity index (χ0) is 12.0. The molecule has 16 heavy (non-hydrogen) atoms. The van der Waals surface area contributed by atoms with Crippen LogP contribution in [-0.2, 0) is 6.61 Å². The van der Waals surface area contributed by atoms with Crippen molar-refractivity contribution in [1.29, 1.82) is 0 Å². The molecule has 1 aromatic rings. The number of hydrogen-bond acceptors (Lipinski definition) is 3. The van der Waals surface area contributed by atoms with E-state index in [0.29, 0.717) is 18.8 Å². The SMILES string of the molecule is CCN(CC)C(=O)Oc1ccc(CO)cc1. The second-order valence-electron chi connectivity index (χ2n) is 3.34. The summed E-state index contributed by atoms with van der Waals surface area (Å²) in [5.74, 6) is 0.495. The van der Waals surface area contributed by atoms with Crippen molar-refractivity contribution in [1.82, 2.24) is 4.90 Å². The third kappa shape index (κ3) is 3.24. The summed E-state index contributed by atoms with van der Waals surface area (Å²) in [6.45, 7) is 5.05. The van der Waals surface area contributed by atoms with Crippen molar-refractivity contribution >= 4 is 6.09 Å². The summed E-state index contributed by atoms with van der Waals surface area (Å²) in [6, 6.07) is 6.80. The van der Waals surface area contributed by atoms with Gasteiger partial charge in [0.1, 0.15) is 5.75 Å². The third-order valence-electron chi connectivity index (χ3n) is 2.33. The zero-order valence-corrected chi connectivity index (χ0v) is 9.64. The third-order valence-corrected chi connectivity index (χ3v) is 2.33. The van der Waals surface area contributed by atoms with Crippen LogP contribution in [0.25, 0.3) is 0 Å². The summed E-state index contributed by atoms with van der Waals surface area (Å²) in [5.41, 5.74) is 0.794. The Kier molecular flexibility index (Phi) is 4.79. The van der Waals surface area contributed by atoms with Crippen molar-refractivity contribution in [3.8, 4) is 5.75 Å². The fraction of sp³-hybridized carbons (Fsp3) is 0.417. The summed E-state index contributed by atoms with van der Waals surface area (Å²) in [5, 5.41) is 8.86. The Morgan fingerprint density at radius 1 is 1.25 bits per heavy atom. The van der Waals surface area contributed by atoms with Gasteiger partial charge >= 0.3 is 6.09 Å². The summed E-state index contributed by atoms with van der Waals surface area (Å²) >= 11 is 0. The number of benzene rings is 1. The van der Waals surface area contributed by atoms with Gasteiger partial charge in [-0.25, -0.2) is 4.79 Å². The van der Waals surface area contributed by atoms with Gasteiger partial charge in [0.25, 0.3) is 0 Å². The number of rotatable bonds is 4. The fourth-order valence-corrected chi connectivity index (χ4v) is 1.31. The maximum Gasteiger partial charge on any atom is 0.415 e. The van der Waals surface area contributed by atoms with Gasteiger partial charge in [-0.3, -0.25) is 0 Å². The van der Waals surface area contributed by atoms with Gasteiger partial charge in [0.2, 0.25) is 0 Å². The molecular formula is C12H17NO3. The van der Waals surface area contributed by atoms with Crippen molar-refractivity contribution in [2.24, 2.45) is 0 Å². The molecular weight excluding hydrogens is 206 g/mol. The fourth-order valence-electron chi connectivity index (χ4n) is 1.31. The zero-order valence-electron chi connectivity index (χ0n) is 9.64. The van der Waals surface area contributed by atoms with Gasteiger partial charge in [-0.15, -0.1) is 0 Å². The van der Waals surface area contributed by atoms with Crippen molar-refractivity contribution in [2.75, 3.05) is 13.1 Å². The molecule has 0 unspecified atom stereocenters. The van der Waals surface area contributed by atoms with Gasteiger partial charge in [-0.2, -0.15) is 0 Å². The molecule has 0 aliphatic rings. The van der Waals surface area contributed by atoms with Gasteiger partial charge in [-0.05, 0) is 31.5 Å². The molecule has 0 heterocycles. The molecule has 0 fully saturated rings. The number of nitrogens with zero attached hydrogens (tertiary/aromatic N) is 1. The van der Waals surface area contributed by atoms with Crippen molar-refractivity contribution in [3.63, 3.8) is 0 Å². The van der Waals surface area contributed by atoms with Crippen LogP contribution in [0, 0.1) is 0 Å². The molecule has 0 aliphatic heterocycles. The second-order valence-corrected chi connectivity index (χ2v) is 3.34. The normalized spacial score (nSPS) is 9.94. The number of amides is 1. The van der Waals surface area contributed by atoms with Crippen LogP contribution in [-0.4, -0.2) is 29.2 Å². The Hall–Kier alpha value is -1.55. The molecule has 0 aromatic heterocycles. The Morgan fingerprint density at radius 2 is 1.81 bits per heavy atom. The number of hydrogen-bond donors (Lipinski definition) is 1. The molecule has 1 aromatic carbocycles. The van der Waals surface area contributed by atoms with Crippen LogP contribution < -0.4 is 4.74 Å². The van der Waals surface area contributed by atoms with E-state index in [1.54, 1.807) is 29.2 Å². The van der Waals surface area contributed by atoms with Crippen molar-refractivity contribution in [2.45, 2.75) is 20.5 Å². The Labute approximate surface area is 95.5 Å². The van der Waals surface area contributed by atoms with Crippen LogP contribution >= 0.6 is 0 Å². The van der Waals surface area contributed by atoms with E-state index in [1.807, 2.05) is 13.8 Å². The lowest BCUT2D eigenvalue weighted by Gasteiger charge is -2.17. The predicted octanol–water partition coefficient (Wildman–Crippen LogP) is 2.02. The molecule has 4 nitrogen and oxygen atoms in total. The number of carbonyl (C=O) groups is 1. The smallest absolute Gasteiger partial charge is 0.410 e. The van der Waals surface area contributed by atoms with Crippen LogP contribution in [0.2, 0.25) is 0 Å². The van der Waals surface area contributed by atoms with Crippen LogP contribution in [0.5, 0.6) is 5.75 Å². The minimum absolute atomic E-state index is 0.00965. The lowest BCUT2D eigenvalue weighted by Crippen LogP contribution is -2.33. The van der Waals surface area contributed by atoms with Crippen LogP contribution in [0.1, 0.15) is 19.4 Å². The standard InChI is InChI=1S/C12H17NO3/c1-3-13(4-2)12(15)16-11-7-5-10(9-14)6-8-11/h5-8,14H,3-4,9H2,1-2H3. The highest BCUT2D eigenvalue weighted by Crippen LogP contribution is 2.13. The molecule has 88 valence electrons. The van der Waals surface area contributed by atoms with Crippen molar-refractivity contribution in [3.05, 3.63) is 29.8 Å². The molecule has 1 amide bonds. The Balaban J connectivity index is 2.62. The number of carbonyl (C=O) groups excluding carboxylic acids is 1. The monoisotopic (exact) mass is 223 g/mol. The highest BCUT2D eigenvalue weighted by molar-refractivity contribution is 5.70. The maximum atomic E-state index is 11.6. The highest BCUT2D eigenvalue weighted by Gasteiger charge is 2.11. The lowest BCUT2D eigenvalue weighted by atomic mass is 10.2. The van der Waals surface area contributed by atoms with Gasteiger partial charge in [-0.1, -0.05) is 12.1 Å². The first-order chi connectivity index (χ1) is 7.71. The minimum atomic E-state index is -0.346. The highest BCUT2D eigenvalue weighted by atomic mass is 16.6. The molecule has 0 aliphatic carbocycles. The molecule has 1 N–H and O–H groups in total. The molecule has 1 rings (SSSR count). The first-order valence-corrected chi connectivity index (χ1v) is 5.37. The lowest BCUT2D eigenvalue weighted by molar-refractivity contribution is 0.157. The van der Waals surface area contributed by atoms with E-state index in [-0.39, 0.29) is 12.7 Å². The van der Waals surface area contributed by atoms with E-state index in [0.717, 1.165) is 5.56 Å². The maximum absolute atomic E-state index is 11.6. The van der Waals surface area contributed by atoms with E-state index >= 15 is 0 Å². The number of aliphatic hydroxyl groups is 1. The van der Waals surface area contributed by atoms with E-state index in [9.17, 15) is 4.79 Å².